The van der Waals surface area contributed by atoms with Crippen molar-refractivity contribution in [2.45, 2.75) is 26.2 Å². The number of Topliss-reactive ketones (excluding diaryl/α,β-unsaturated/α-hetero) is 1. The van der Waals surface area contributed by atoms with Crippen LogP contribution in [-0.2, 0) is 9.59 Å². The van der Waals surface area contributed by atoms with Crippen molar-refractivity contribution in [1.82, 2.24) is 10.0 Å². The molecular weight excluding hydrogens is 497 g/mol. The Morgan fingerprint density at radius 2 is 1.74 bits per heavy atom. The molecular formula is C24H21Cl2N3O6. The van der Waals surface area contributed by atoms with Crippen LogP contribution >= 0.6 is 23.2 Å². The summed E-state index contributed by atoms with van der Waals surface area (Å²) in [6.07, 6.45) is 1.81. The third kappa shape index (κ3) is 4.78. The molecule has 4 rings (SSSR count). The van der Waals surface area contributed by atoms with Gasteiger partial charge in [-0.1, -0.05) is 42.3 Å². The number of amides is 3. The normalized spacial score (nSPS) is 21.6. The van der Waals surface area contributed by atoms with Gasteiger partial charge in [0.05, 0.1) is 26.8 Å². The van der Waals surface area contributed by atoms with Crippen LogP contribution in [0.25, 0.3) is 0 Å². The van der Waals surface area contributed by atoms with Crippen LogP contribution in [0.1, 0.15) is 46.9 Å². The summed E-state index contributed by atoms with van der Waals surface area (Å²) >= 11 is 12.0. The fourth-order valence-corrected chi connectivity index (χ4v) is 4.94. The highest BCUT2D eigenvalue weighted by Gasteiger charge is 2.52. The molecule has 1 saturated heterocycles. The maximum absolute atomic E-state index is 13.5. The van der Waals surface area contributed by atoms with Crippen molar-refractivity contribution in [2.75, 3.05) is 6.54 Å². The minimum atomic E-state index is -0.796. The number of non-ortho nitro benzene ring substituents is 1. The molecule has 2 fully saturated rings. The lowest BCUT2D eigenvalue weighted by Crippen LogP contribution is -2.52. The number of nitro benzene ring substituents is 1. The summed E-state index contributed by atoms with van der Waals surface area (Å²) in [5.74, 6) is -3.42. The average Bonchev–Trinajstić information content (AvgIpc) is 3.07. The van der Waals surface area contributed by atoms with Gasteiger partial charge in [-0.3, -0.25) is 29.3 Å². The summed E-state index contributed by atoms with van der Waals surface area (Å²) in [4.78, 5) is 63.7. The van der Waals surface area contributed by atoms with Crippen LogP contribution in [0.4, 0.5) is 5.69 Å². The molecule has 3 atom stereocenters. The Morgan fingerprint density at radius 3 is 2.43 bits per heavy atom. The van der Waals surface area contributed by atoms with Gasteiger partial charge in [0.2, 0.25) is 0 Å². The van der Waals surface area contributed by atoms with E-state index in [0.717, 1.165) is 22.5 Å². The first-order valence-corrected chi connectivity index (χ1v) is 11.8. The lowest BCUT2D eigenvalue weighted by atomic mass is 9.76. The number of halogens is 2. The van der Waals surface area contributed by atoms with Crippen LogP contribution in [0.15, 0.2) is 42.5 Å². The summed E-state index contributed by atoms with van der Waals surface area (Å²) < 4.78 is 0. The van der Waals surface area contributed by atoms with Gasteiger partial charge in [-0.05, 0) is 43.4 Å². The lowest BCUT2D eigenvalue weighted by molar-refractivity contribution is -0.384. The highest BCUT2D eigenvalue weighted by molar-refractivity contribution is 6.42. The topological polar surface area (TPSA) is 118 Å². The number of nitrogens with zero attached hydrogens (tertiary/aromatic N) is 3. The van der Waals surface area contributed by atoms with E-state index in [0.29, 0.717) is 12.8 Å². The van der Waals surface area contributed by atoms with Gasteiger partial charge in [0.1, 0.15) is 6.54 Å². The number of hydrogen-bond donors (Lipinski definition) is 0. The van der Waals surface area contributed by atoms with E-state index in [1.807, 2.05) is 6.92 Å². The van der Waals surface area contributed by atoms with Gasteiger partial charge in [-0.25, -0.2) is 5.01 Å². The van der Waals surface area contributed by atoms with Crippen molar-refractivity contribution in [3.05, 3.63) is 73.8 Å². The number of carbonyl (C=O) groups is 4. The number of fused-ring (bicyclic) bond motifs is 1. The predicted molar refractivity (Wildman–Crippen MR) is 127 cm³/mol. The number of nitro groups is 1. The number of imide groups is 1. The van der Waals surface area contributed by atoms with Crippen molar-refractivity contribution in [2.24, 2.45) is 17.8 Å². The van der Waals surface area contributed by atoms with Gasteiger partial charge in [0.15, 0.2) is 5.78 Å². The number of carbonyl (C=O) groups excluding carboxylic acids is 4. The zero-order valence-electron chi connectivity index (χ0n) is 18.6. The van der Waals surface area contributed by atoms with Crippen molar-refractivity contribution in [3.63, 3.8) is 0 Å². The second-order valence-electron chi connectivity index (χ2n) is 8.84. The number of benzene rings is 2. The molecule has 1 aliphatic heterocycles. The number of hydrogen-bond acceptors (Lipinski definition) is 6. The van der Waals surface area contributed by atoms with Gasteiger partial charge in [-0.15, -0.1) is 0 Å². The van der Waals surface area contributed by atoms with Crippen LogP contribution < -0.4 is 0 Å². The number of hydrazine groups is 1. The molecule has 3 amide bonds. The minimum Gasteiger partial charge on any atom is -0.292 e. The molecule has 35 heavy (non-hydrogen) atoms. The molecule has 182 valence electrons. The molecule has 2 aliphatic rings. The Kier molecular flexibility index (Phi) is 6.91. The van der Waals surface area contributed by atoms with Crippen LogP contribution in [-0.4, -0.2) is 45.0 Å². The second-order valence-corrected chi connectivity index (χ2v) is 9.66. The number of rotatable bonds is 6. The smallest absolute Gasteiger partial charge is 0.273 e. The fraction of sp³-hybridized carbons (Fsp3) is 0.333. The van der Waals surface area contributed by atoms with E-state index < -0.39 is 46.8 Å². The average molecular weight is 518 g/mol. The molecule has 9 nitrogen and oxygen atoms in total. The Morgan fingerprint density at radius 1 is 1.03 bits per heavy atom. The van der Waals surface area contributed by atoms with E-state index in [1.54, 1.807) is 0 Å². The van der Waals surface area contributed by atoms with Gasteiger partial charge >= 0.3 is 0 Å². The summed E-state index contributed by atoms with van der Waals surface area (Å²) in [5.41, 5.74) is -0.308. The Balaban J connectivity index is 1.71. The van der Waals surface area contributed by atoms with E-state index in [9.17, 15) is 29.3 Å². The zero-order chi connectivity index (χ0) is 25.4. The molecule has 2 aromatic carbocycles. The van der Waals surface area contributed by atoms with Crippen LogP contribution in [0, 0.1) is 27.9 Å². The van der Waals surface area contributed by atoms with Crippen molar-refractivity contribution < 1.29 is 24.1 Å². The van der Waals surface area contributed by atoms with Crippen LogP contribution in [0.3, 0.4) is 0 Å². The molecule has 0 radical (unpaired) electrons. The highest BCUT2D eigenvalue weighted by Crippen LogP contribution is 2.41. The van der Waals surface area contributed by atoms with E-state index in [4.69, 9.17) is 23.2 Å². The molecule has 11 heteroatoms. The molecule has 0 aromatic heterocycles. The van der Waals surface area contributed by atoms with E-state index >= 15 is 0 Å². The largest absolute Gasteiger partial charge is 0.292 e. The first-order valence-electron chi connectivity index (χ1n) is 11.0. The van der Waals surface area contributed by atoms with E-state index in [2.05, 4.69) is 0 Å². The maximum Gasteiger partial charge on any atom is 0.273 e. The monoisotopic (exact) mass is 517 g/mol. The Labute approximate surface area is 210 Å². The first kappa shape index (κ1) is 24.8. The second kappa shape index (κ2) is 9.75. The van der Waals surface area contributed by atoms with Crippen molar-refractivity contribution in [1.29, 1.82) is 0 Å². The highest BCUT2D eigenvalue weighted by atomic mass is 35.5. The maximum atomic E-state index is 13.5. The van der Waals surface area contributed by atoms with E-state index in [-0.39, 0.29) is 32.8 Å². The van der Waals surface area contributed by atoms with E-state index in [1.165, 1.54) is 36.4 Å². The van der Waals surface area contributed by atoms with Gasteiger partial charge in [0, 0.05) is 23.3 Å². The van der Waals surface area contributed by atoms with Crippen LogP contribution in [0.5, 0.6) is 0 Å². The van der Waals surface area contributed by atoms with Crippen molar-refractivity contribution in [3.8, 4) is 0 Å². The quantitative estimate of drug-likeness (QED) is 0.240. The molecule has 0 spiro atoms. The molecule has 1 heterocycles. The third-order valence-corrected chi connectivity index (χ3v) is 7.22. The summed E-state index contributed by atoms with van der Waals surface area (Å²) in [6.45, 7) is 1.33. The lowest BCUT2D eigenvalue weighted by Gasteiger charge is -2.30. The molecule has 0 N–H and O–H groups in total. The molecule has 2 aromatic rings. The Hall–Kier alpha value is -3.30. The summed E-state index contributed by atoms with van der Waals surface area (Å²) in [6, 6.07) is 9.09. The fourth-order valence-electron chi connectivity index (χ4n) is 4.64. The minimum absolute atomic E-state index is 0.0232. The summed E-state index contributed by atoms with van der Waals surface area (Å²) in [5, 5.41) is 13.0. The molecule has 1 saturated carbocycles. The molecule has 1 aliphatic carbocycles. The summed E-state index contributed by atoms with van der Waals surface area (Å²) in [7, 11) is 0. The standard InChI is InChI=1S/C24H21Cl2N3O6/c1-13-5-7-17-18(9-13)24(33)28(23(17)32)27(22(31)15-6-8-19(25)20(26)11-15)12-21(30)14-3-2-4-16(10-14)29(34)35/h2-4,6,8,10-11,13,17-18H,5,7,9,12H2,1H3/t13-,17+,18+/m1/s1. The predicted octanol–water partition coefficient (Wildman–Crippen LogP) is 4.56. The molecule has 0 unspecified atom stereocenters. The van der Waals surface area contributed by atoms with Gasteiger partial charge in [0.25, 0.3) is 23.4 Å². The molecule has 0 bridgehead atoms. The van der Waals surface area contributed by atoms with Crippen molar-refractivity contribution >= 4 is 52.4 Å². The Bertz CT molecular complexity index is 1250. The van der Waals surface area contributed by atoms with Gasteiger partial charge in [-0.2, -0.15) is 5.01 Å². The zero-order valence-corrected chi connectivity index (χ0v) is 20.2. The first-order chi connectivity index (χ1) is 16.6. The number of ketones is 1. The third-order valence-electron chi connectivity index (χ3n) is 6.48. The van der Waals surface area contributed by atoms with Crippen LogP contribution in [0.2, 0.25) is 10.0 Å². The SMILES string of the molecule is C[C@@H]1CC[C@@H]2C(=O)N(N(CC(=O)c3cccc([N+](=O)[O-])c3)C(=O)c3ccc(Cl)c(Cl)c3)C(=O)[C@H]2C1. The van der Waals surface area contributed by atoms with Gasteiger partial charge < -0.3 is 0 Å².